The number of thiophene rings is 1. The molecule has 2 heteroatoms. The van der Waals surface area contributed by atoms with Crippen LogP contribution in [-0.2, 0) is 10.8 Å². The number of benzene rings is 11. The summed E-state index contributed by atoms with van der Waals surface area (Å²) in [6, 6.07) is 97.0. The molecule has 0 saturated carbocycles. The van der Waals surface area contributed by atoms with Gasteiger partial charge in [-0.15, -0.1) is 11.3 Å². The molecule has 12 aromatic rings. The molecular weight excluding hydrogens is 887 g/mol. The molecule has 0 saturated heterocycles. The highest BCUT2D eigenvalue weighted by molar-refractivity contribution is 7.26. The molecule has 2 aliphatic carbocycles. The van der Waals surface area contributed by atoms with Crippen molar-refractivity contribution in [2.24, 2.45) is 0 Å². The highest BCUT2D eigenvalue weighted by Gasteiger charge is 2.46. The van der Waals surface area contributed by atoms with Crippen LogP contribution < -0.4 is 4.90 Å². The average molecular weight is 936 g/mol. The Kier molecular flexibility index (Phi) is 9.71. The minimum atomic E-state index is -0.421. The van der Waals surface area contributed by atoms with Gasteiger partial charge in [-0.2, -0.15) is 0 Å². The molecule has 0 N–H and O–H groups in total. The maximum Gasteiger partial charge on any atom is 0.0713 e. The average Bonchev–Trinajstić information content (AvgIpc) is 4.06. The Labute approximate surface area is 425 Å². The second-order valence-corrected chi connectivity index (χ2v) is 21.0. The highest BCUT2D eigenvalue weighted by atomic mass is 32.1. The van der Waals surface area contributed by atoms with E-state index in [4.69, 9.17) is 0 Å². The third-order valence-corrected chi connectivity index (χ3v) is 17.1. The van der Waals surface area contributed by atoms with Crippen LogP contribution in [0.1, 0.15) is 47.2 Å². The van der Waals surface area contributed by atoms with Crippen molar-refractivity contribution in [3.63, 3.8) is 0 Å². The normalized spacial score (nSPS) is 13.6. The van der Waals surface area contributed by atoms with E-state index in [1.54, 1.807) is 0 Å². The first-order valence-corrected chi connectivity index (χ1v) is 25.9. The first kappa shape index (κ1) is 42.3. The Hall–Kier alpha value is -8.56. The first-order chi connectivity index (χ1) is 35.5. The fourth-order valence-corrected chi connectivity index (χ4v) is 13.8. The molecule has 0 unspecified atom stereocenters. The van der Waals surface area contributed by atoms with E-state index in [-0.39, 0.29) is 5.41 Å². The van der Waals surface area contributed by atoms with Crippen molar-refractivity contribution in [2.75, 3.05) is 4.90 Å². The first-order valence-electron chi connectivity index (χ1n) is 25.1. The van der Waals surface area contributed by atoms with Gasteiger partial charge < -0.3 is 4.90 Å². The molecule has 72 heavy (non-hydrogen) atoms. The van der Waals surface area contributed by atoms with Crippen LogP contribution in [0.4, 0.5) is 17.1 Å². The molecule has 0 amide bonds. The third kappa shape index (κ3) is 6.39. The van der Waals surface area contributed by atoms with Crippen LogP contribution in [-0.4, -0.2) is 0 Å². The number of hydrogen-bond acceptors (Lipinski definition) is 2. The summed E-state index contributed by atoms with van der Waals surface area (Å²) in [5, 5.41) is 2.58. The Bertz CT molecular complexity index is 3990. The highest BCUT2D eigenvalue weighted by Crippen LogP contribution is 2.57. The van der Waals surface area contributed by atoms with Gasteiger partial charge in [0, 0.05) is 42.6 Å². The molecule has 340 valence electrons. The molecule has 0 radical (unpaired) electrons. The minimum absolute atomic E-state index is 0.110. The van der Waals surface area contributed by atoms with Crippen molar-refractivity contribution in [3.05, 3.63) is 294 Å². The van der Waals surface area contributed by atoms with Gasteiger partial charge >= 0.3 is 0 Å². The molecule has 14 rings (SSSR count). The largest absolute Gasteiger partial charge is 0.310 e. The Balaban J connectivity index is 0.845. The van der Waals surface area contributed by atoms with E-state index in [0.717, 1.165) is 17.1 Å². The van der Waals surface area contributed by atoms with Crippen molar-refractivity contribution in [3.8, 4) is 55.6 Å². The maximum atomic E-state index is 2.42. The van der Waals surface area contributed by atoms with Crippen LogP contribution in [0.2, 0.25) is 0 Å². The zero-order valence-electron chi connectivity index (χ0n) is 40.2. The lowest BCUT2D eigenvalue weighted by atomic mass is 9.67. The monoisotopic (exact) mass is 935 g/mol. The van der Waals surface area contributed by atoms with E-state index in [1.165, 1.54) is 109 Å². The third-order valence-electron chi connectivity index (χ3n) is 15.8. The zero-order chi connectivity index (χ0) is 48.0. The summed E-state index contributed by atoms with van der Waals surface area (Å²) in [4.78, 5) is 2.42. The predicted molar refractivity (Wildman–Crippen MR) is 305 cm³/mol. The summed E-state index contributed by atoms with van der Waals surface area (Å²) in [5.41, 5.74) is 23.5. The summed E-state index contributed by atoms with van der Waals surface area (Å²) in [7, 11) is 0. The fourth-order valence-electron chi connectivity index (χ4n) is 12.4. The molecule has 2 aliphatic rings. The summed E-state index contributed by atoms with van der Waals surface area (Å²) >= 11 is 1.91. The van der Waals surface area contributed by atoms with E-state index >= 15 is 0 Å². The van der Waals surface area contributed by atoms with Crippen LogP contribution in [0.15, 0.2) is 261 Å². The van der Waals surface area contributed by atoms with Gasteiger partial charge in [0.2, 0.25) is 0 Å². The molecule has 1 nitrogen and oxygen atoms in total. The van der Waals surface area contributed by atoms with Gasteiger partial charge in [0.15, 0.2) is 0 Å². The van der Waals surface area contributed by atoms with Gasteiger partial charge in [-0.3, -0.25) is 0 Å². The lowest BCUT2D eigenvalue weighted by Gasteiger charge is -2.34. The molecule has 0 fully saturated rings. The Morgan fingerprint density at radius 2 is 0.694 bits per heavy atom. The molecule has 1 aromatic heterocycles. The quantitative estimate of drug-likeness (QED) is 0.147. The van der Waals surface area contributed by atoms with Crippen LogP contribution in [0.3, 0.4) is 0 Å². The van der Waals surface area contributed by atoms with Crippen LogP contribution in [0.25, 0.3) is 75.8 Å². The van der Waals surface area contributed by atoms with E-state index < -0.39 is 5.41 Å². The minimum Gasteiger partial charge on any atom is -0.310 e. The second-order valence-electron chi connectivity index (χ2n) is 19.9. The molecule has 0 spiro atoms. The molecule has 1 heterocycles. The number of rotatable bonds is 8. The summed E-state index contributed by atoms with van der Waals surface area (Å²) in [6.07, 6.45) is 0. The van der Waals surface area contributed by atoms with E-state index in [1.807, 2.05) is 11.3 Å². The van der Waals surface area contributed by atoms with E-state index in [0.29, 0.717) is 0 Å². The number of nitrogens with zero attached hydrogens (tertiary/aromatic N) is 1. The Morgan fingerprint density at radius 3 is 1.26 bits per heavy atom. The van der Waals surface area contributed by atoms with E-state index in [2.05, 4.69) is 280 Å². The summed E-state index contributed by atoms with van der Waals surface area (Å²) < 4.78 is 2.62. The number of anilines is 3. The van der Waals surface area contributed by atoms with Crippen LogP contribution in [0, 0.1) is 0 Å². The van der Waals surface area contributed by atoms with Gasteiger partial charge in [0.1, 0.15) is 0 Å². The van der Waals surface area contributed by atoms with Crippen molar-refractivity contribution in [1.82, 2.24) is 0 Å². The predicted octanol–water partition coefficient (Wildman–Crippen LogP) is 19.2. The zero-order valence-corrected chi connectivity index (χ0v) is 41.0. The molecule has 0 aliphatic heterocycles. The van der Waals surface area contributed by atoms with Gasteiger partial charge in [-0.1, -0.05) is 238 Å². The number of hydrogen-bond donors (Lipinski definition) is 0. The molecular formula is C70H49NS. The van der Waals surface area contributed by atoms with Gasteiger partial charge in [0.05, 0.1) is 5.41 Å². The molecule has 0 bridgehead atoms. The van der Waals surface area contributed by atoms with Crippen molar-refractivity contribution in [2.45, 2.75) is 24.7 Å². The lowest BCUT2D eigenvalue weighted by Crippen LogP contribution is -2.28. The van der Waals surface area contributed by atoms with Crippen molar-refractivity contribution in [1.29, 1.82) is 0 Å². The summed E-state index contributed by atoms with van der Waals surface area (Å²) in [5.74, 6) is 0. The standard InChI is InChI=1S/C70H49NS/c1-69(2)63-28-12-9-21-57(63)60-44-43-54(45-66(60)69)71(52-39-33-47(34-40-52)46-17-5-3-6-18-46)53-41-35-49(36-42-53)56-25-16-27-62-61-26-15-24-55(67(61)72-68(56)62)48-31-37-51(38-32-48)70(50-19-7-4-8-20-50)64-29-13-10-22-58(64)59-23-11-14-30-65(59)70/h3-45H,1-2H3. The molecule has 11 aromatic carbocycles. The van der Waals surface area contributed by atoms with Crippen LogP contribution in [0.5, 0.6) is 0 Å². The van der Waals surface area contributed by atoms with Gasteiger partial charge in [0.25, 0.3) is 0 Å². The smallest absolute Gasteiger partial charge is 0.0713 e. The summed E-state index contributed by atoms with van der Waals surface area (Å²) in [6.45, 7) is 4.72. The van der Waals surface area contributed by atoms with Crippen LogP contribution >= 0.6 is 11.3 Å². The Morgan fingerprint density at radius 1 is 0.292 bits per heavy atom. The van der Waals surface area contributed by atoms with E-state index in [9.17, 15) is 0 Å². The lowest BCUT2D eigenvalue weighted by molar-refractivity contribution is 0.660. The second kappa shape index (κ2) is 16.5. The van der Waals surface area contributed by atoms with Gasteiger partial charge in [-0.05, 0) is 125 Å². The maximum absolute atomic E-state index is 2.42. The number of fused-ring (bicyclic) bond motifs is 9. The SMILES string of the molecule is CC1(C)c2ccccc2-c2ccc(N(c3ccc(-c4ccccc4)cc3)c3ccc(-c4cccc5c4sc4c(-c6ccc(C7(c8ccccc8)c8ccccc8-c8ccccc87)cc6)cccc45)cc3)cc21. The fraction of sp³-hybridized carbons (Fsp3) is 0.0571. The molecule has 0 atom stereocenters. The van der Waals surface area contributed by atoms with Gasteiger partial charge in [-0.25, -0.2) is 0 Å². The van der Waals surface area contributed by atoms with Crippen molar-refractivity contribution < 1.29 is 0 Å². The topological polar surface area (TPSA) is 3.24 Å². The van der Waals surface area contributed by atoms with Crippen molar-refractivity contribution >= 4 is 48.6 Å².